The summed E-state index contributed by atoms with van der Waals surface area (Å²) >= 11 is 1.42. The second kappa shape index (κ2) is 14.2. The Balaban J connectivity index is 2.24. The molecule has 4 unspecified atom stereocenters. The molecule has 202 valence electrons. The van der Waals surface area contributed by atoms with E-state index in [1.807, 2.05) is 24.3 Å². The number of rotatable bonds is 15. The van der Waals surface area contributed by atoms with Crippen molar-refractivity contribution in [3.63, 3.8) is 0 Å². The third-order valence-corrected chi connectivity index (χ3v) is 6.17. The van der Waals surface area contributed by atoms with Crippen LogP contribution in [-0.4, -0.2) is 87.6 Å². The summed E-state index contributed by atoms with van der Waals surface area (Å²) in [6, 6.07) is 2.05. The molecule has 0 spiro atoms. The summed E-state index contributed by atoms with van der Waals surface area (Å²) < 4.78 is 0. The monoisotopic (exact) mass is 536 g/mol. The second-order valence-electron chi connectivity index (χ2n) is 8.33. The maximum Gasteiger partial charge on any atom is 0.326 e. The number of carbonyl (C=O) groups is 5. The van der Waals surface area contributed by atoms with Crippen molar-refractivity contribution in [2.45, 2.75) is 43.4 Å². The third kappa shape index (κ3) is 8.77. The molecule has 2 aromatic rings. The number of carboxylic acids is 1. The van der Waals surface area contributed by atoms with Crippen LogP contribution in [0.4, 0.5) is 0 Å². The minimum atomic E-state index is -1.49. The quantitative estimate of drug-likeness (QED) is 0.128. The topological polar surface area (TPSA) is 230 Å². The van der Waals surface area contributed by atoms with Gasteiger partial charge >= 0.3 is 5.97 Å². The van der Waals surface area contributed by atoms with E-state index in [-0.39, 0.29) is 12.8 Å². The summed E-state index contributed by atoms with van der Waals surface area (Å²) in [7, 11) is 0. The molecular weight excluding hydrogens is 504 g/mol. The fraction of sp³-hybridized carbons (Fsp3) is 0.435. The number of fused-ring (bicyclic) bond motifs is 1. The molecular formula is C23H32N6O7S. The number of benzene rings is 1. The molecule has 0 fully saturated rings. The predicted molar refractivity (Wildman–Crippen MR) is 137 cm³/mol. The van der Waals surface area contributed by atoms with Crippen LogP contribution in [0.2, 0.25) is 0 Å². The molecule has 0 aliphatic rings. The molecule has 13 nitrogen and oxygen atoms in total. The van der Waals surface area contributed by atoms with Gasteiger partial charge in [0.1, 0.15) is 18.1 Å². The van der Waals surface area contributed by atoms with Crippen LogP contribution in [0.1, 0.15) is 18.4 Å². The number of carboxylic acid groups (broad SMARTS) is 1. The first kappa shape index (κ1) is 29.6. The van der Waals surface area contributed by atoms with Crippen molar-refractivity contribution in [3.05, 3.63) is 36.0 Å². The molecule has 0 aliphatic carbocycles. The number of para-hydroxylation sites is 1. The normalized spacial score (nSPS) is 14.2. The number of aliphatic hydroxyl groups excluding tert-OH is 1. The first-order valence-electron chi connectivity index (χ1n) is 11.4. The molecule has 0 bridgehead atoms. The van der Waals surface area contributed by atoms with Crippen molar-refractivity contribution < 1.29 is 34.2 Å². The SMILES string of the molecule is CSCCC(NC(=O)C(Cc1c[nH]c2ccccc12)NC(=O)C(CO)NC(=O)C(N)CC(N)=O)C(=O)O. The maximum atomic E-state index is 13.2. The summed E-state index contributed by atoms with van der Waals surface area (Å²) in [4.78, 5) is 64.0. The van der Waals surface area contributed by atoms with Crippen LogP contribution in [0.3, 0.4) is 0 Å². The zero-order chi connectivity index (χ0) is 27.5. The van der Waals surface area contributed by atoms with E-state index in [1.165, 1.54) is 11.8 Å². The van der Waals surface area contributed by atoms with Crippen molar-refractivity contribution in [2.75, 3.05) is 18.6 Å². The highest BCUT2D eigenvalue weighted by molar-refractivity contribution is 7.98. The number of hydrogen-bond donors (Lipinski definition) is 8. The zero-order valence-electron chi connectivity index (χ0n) is 20.2. The fourth-order valence-electron chi connectivity index (χ4n) is 3.55. The van der Waals surface area contributed by atoms with E-state index in [2.05, 4.69) is 20.9 Å². The number of nitrogens with two attached hydrogens (primary N) is 2. The van der Waals surface area contributed by atoms with E-state index in [1.54, 1.807) is 12.5 Å². The van der Waals surface area contributed by atoms with Crippen LogP contribution >= 0.6 is 11.8 Å². The third-order valence-electron chi connectivity index (χ3n) is 5.53. The van der Waals surface area contributed by atoms with Gasteiger partial charge in [-0.2, -0.15) is 11.8 Å². The lowest BCUT2D eigenvalue weighted by molar-refractivity contribution is -0.142. The molecule has 1 aromatic heterocycles. The van der Waals surface area contributed by atoms with E-state index in [0.717, 1.165) is 10.9 Å². The maximum absolute atomic E-state index is 13.2. The van der Waals surface area contributed by atoms with E-state index in [9.17, 15) is 34.2 Å². The van der Waals surface area contributed by atoms with Gasteiger partial charge in [-0.25, -0.2) is 4.79 Å². The molecule has 2 rings (SSSR count). The molecule has 0 saturated heterocycles. The highest BCUT2D eigenvalue weighted by Gasteiger charge is 2.31. The minimum absolute atomic E-state index is 0.0102. The highest BCUT2D eigenvalue weighted by atomic mass is 32.2. The highest BCUT2D eigenvalue weighted by Crippen LogP contribution is 2.19. The van der Waals surface area contributed by atoms with Crippen LogP contribution < -0.4 is 27.4 Å². The van der Waals surface area contributed by atoms with Gasteiger partial charge in [0.25, 0.3) is 0 Å². The lowest BCUT2D eigenvalue weighted by atomic mass is 10.0. The number of hydrogen-bond acceptors (Lipinski definition) is 8. The standard InChI is InChI=1S/C23H32N6O7S/c1-37-7-6-16(23(35)36)27-21(33)17(8-12-10-26-15-5-3-2-4-13(12)15)28-22(34)18(11-30)29-20(32)14(24)9-19(25)31/h2-5,10,14,16-18,26,30H,6-9,11,24H2,1H3,(H2,25,31)(H,27,33)(H,28,34)(H,29,32)(H,35,36). The molecule has 10 N–H and O–H groups in total. The Morgan fingerprint density at radius 3 is 2.24 bits per heavy atom. The van der Waals surface area contributed by atoms with E-state index < -0.39 is 66.8 Å². The van der Waals surface area contributed by atoms with Gasteiger partial charge in [-0.1, -0.05) is 18.2 Å². The van der Waals surface area contributed by atoms with Crippen molar-refractivity contribution in [2.24, 2.45) is 11.5 Å². The van der Waals surface area contributed by atoms with Crippen molar-refractivity contribution in [3.8, 4) is 0 Å². The number of primary amides is 1. The average Bonchev–Trinajstić information content (AvgIpc) is 3.26. The lowest BCUT2D eigenvalue weighted by Gasteiger charge is -2.24. The van der Waals surface area contributed by atoms with Gasteiger partial charge < -0.3 is 42.6 Å². The molecule has 14 heteroatoms. The van der Waals surface area contributed by atoms with Gasteiger partial charge in [-0.3, -0.25) is 19.2 Å². The Morgan fingerprint density at radius 2 is 1.62 bits per heavy atom. The van der Waals surface area contributed by atoms with Gasteiger partial charge in [-0.05, 0) is 30.1 Å². The Hall–Kier alpha value is -3.62. The van der Waals surface area contributed by atoms with Crippen LogP contribution in [-0.2, 0) is 30.4 Å². The summed E-state index contributed by atoms with van der Waals surface area (Å²) in [5.41, 5.74) is 12.1. The van der Waals surface area contributed by atoms with Gasteiger partial charge in [0.05, 0.1) is 19.1 Å². The van der Waals surface area contributed by atoms with Crippen LogP contribution in [0.5, 0.6) is 0 Å². The average molecular weight is 537 g/mol. The van der Waals surface area contributed by atoms with Crippen LogP contribution in [0, 0.1) is 0 Å². The predicted octanol–water partition coefficient (Wildman–Crippen LogP) is -1.80. The second-order valence-corrected chi connectivity index (χ2v) is 9.31. The van der Waals surface area contributed by atoms with Gasteiger partial charge in [0, 0.05) is 23.5 Å². The first-order chi connectivity index (χ1) is 17.6. The van der Waals surface area contributed by atoms with E-state index in [4.69, 9.17) is 11.5 Å². The number of nitrogens with one attached hydrogen (secondary N) is 4. The number of thioether (sulfide) groups is 1. The molecule has 4 amide bonds. The number of amides is 4. The number of aliphatic carboxylic acids is 1. The number of aliphatic hydroxyl groups is 1. The molecule has 37 heavy (non-hydrogen) atoms. The Kier molecular flexibility index (Phi) is 11.4. The Labute approximate surface area is 217 Å². The summed E-state index contributed by atoms with van der Waals surface area (Å²) in [5, 5.41) is 27.2. The van der Waals surface area contributed by atoms with Crippen LogP contribution in [0.25, 0.3) is 10.9 Å². The molecule has 0 saturated carbocycles. The minimum Gasteiger partial charge on any atom is -0.480 e. The van der Waals surface area contributed by atoms with Gasteiger partial charge in [0.15, 0.2) is 0 Å². The smallest absolute Gasteiger partial charge is 0.326 e. The van der Waals surface area contributed by atoms with Crippen LogP contribution in [0.15, 0.2) is 30.5 Å². The molecule has 4 atom stereocenters. The van der Waals surface area contributed by atoms with E-state index in [0.29, 0.717) is 11.3 Å². The zero-order valence-corrected chi connectivity index (χ0v) is 21.0. The van der Waals surface area contributed by atoms with Crippen molar-refractivity contribution in [1.82, 2.24) is 20.9 Å². The van der Waals surface area contributed by atoms with Crippen molar-refractivity contribution >= 4 is 52.3 Å². The van der Waals surface area contributed by atoms with E-state index >= 15 is 0 Å². The summed E-state index contributed by atoms with van der Waals surface area (Å²) in [6.45, 7) is -0.826. The first-order valence-corrected chi connectivity index (χ1v) is 12.8. The molecule has 1 heterocycles. The number of aromatic nitrogens is 1. The van der Waals surface area contributed by atoms with Crippen molar-refractivity contribution in [1.29, 1.82) is 0 Å². The Bertz CT molecular complexity index is 1120. The lowest BCUT2D eigenvalue weighted by Crippen LogP contribution is -2.58. The molecule has 0 aliphatic heterocycles. The van der Waals surface area contributed by atoms with Gasteiger partial charge in [0.2, 0.25) is 23.6 Å². The number of carbonyl (C=O) groups excluding carboxylic acids is 4. The summed E-state index contributed by atoms with van der Waals surface area (Å²) in [6.07, 6.45) is 3.17. The fourth-order valence-corrected chi connectivity index (χ4v) is 4.02. The Morgan fingerprint density at radius 1 is 1.00 bits per heavy atom. The number of aromatic amines is 1. The molecule has 1 aromatic carbocycles. The molecule has 0 radical (unpaired) electrons. The van der Waals surface area contributed by atoms with Gasteiger partial charge in [-0.15, -0.1) is 0 Å². The number of H-pyrrole nitrogens is 1. The largest absolute Gasteiger partial charge is 0.480 e. The summed E-state index contributed by atoms with van der Waals surface area (Å²) in [5.74, 6) is -4.10.